The average Bonchev–Trinajstić information content (AvgIpc) is 3.44. The van der Waals surface area contributed by atoms with Gasteiger partial charge in [0.05, 0.1) is 18.5 Å². The highest BCUT2D eigenvalue weighted by atomic mass is 32.1. The van der Waals surface area contributed by atoms with Crippen LogP contribution in [0.5, 0.6) is 0 Å². The lowest BCUT2D eigenvalue weighted by molar-refractivity contribution is 0.0955. The maximum atomic E-state index is 12.5. The third-order valence-electron chi connectivity index (χ3n) is 4.07. The number of carbonyl (C=O) groups is 1. The predicted molar refractivity (Wildman–Crippen MR) is 105 cm³/mol. The Morgan fingerprint density at radius 3 is 2.79 bits per heavy atom. The van der Waals surface area contributed by atoms with Crippen LogP contribution < -0.4 is 10.9 Å². The van der Waals surface area contributed by atoms with E-state index in [0.717, 1.165) is 5.13 Å². The molecule has 0 aliphatic heterocycles. The summed E-state index contributed by atoms with van der Waals surface area (Å²) in [4.78, 5) is 29.5. The van der Waals surface area contributed by atoms with Crippen LogP contribution in [0.3, 0.4) is 0 Å². The highest BCUT2D eigenvalue weighted by Crippen LogP contribution is 2.21. The second-order valence-electron chi connectivity index (χ2n) is 6.01. The standard InChI is InChI=1S/C19H17N5O3S/c1-13-17(28-19(21-13)23-9-2-3-10-23)18(26)20-8-11-24-16(25)7-6-14(22-24)15-5-4-12-27-15/h2-7,9-10,12H,8,11H2,1H3,(H,20,26). The van der Waals surface area contributed by atoms with E-state index in [1.165, 1.54) is 22.1 Å². The number of hydrogen-bond donors (Lipinski definition) is 1. The molecule has 8 nitrogen and oxygen atoms in total. The summed E-state index contributed by atoms with van der Waals surface area (Å²) in [5, 5.41) is 7.85. The van der Waals surface area contributed by atoms with Crippen LogP contribution in [0.25, 0.3) is 16.6 Å². The number of hydrogen-bond acceptors (Lipinski definition) is 6. The first-order valence-corrected chi connectivity index (χ1v) is 9.44. The van der Waals surface area contributed by atoms with Gasteiger partial charge in [0.15, 0.2) is 10.9 Å². The monoisotopic (exact) mass is 395 g/mol. The smallest absolute Gasteiger partial charge is 0.266 e. The molecule has 0 aliphatic rings. The Morgan fingerprint density at radius 2 is 2.04 bits per heavy atom. The molecule has 9 heteroatoms. The Kier molecular flexibility index (Phi) is 4.90. The lowest BCUT2D eigenvalue weighted by Crippen LogP contribution is -2.31. The zero-order valence-electron chi connectivity index (χ0n) is 15.0. The largest absolute Gasteiger partial charge is 0.463 e. The highest BCUT2D eigenvalue weighted by Gasteiger charge is 2.16. The molecule has 142 valence electrons. The SMILES string of the molecule is Cc1nc(-n2cccc2)sc1C(=O)NCCn1nc(-c2ccco2)ccc1=O. The second kappa shape index (κ2) is 7.65. The Bertz CT molecular complexity index is 1140. The summed E-state index contributed by atoms with van der Waals surface area (Å²) < 4.78 is 8.47. The van der Waals surface area contributed by atoms with E-state index in [1.807, 2.05) is 29.1 Å². The van der Waals surface area contributed by atoms with E-state index < -0.39 is 0 Å². The Morgan fingerprint density at radius 1 is 1.21 bits per heavy atom. The normalized spacial score (nSPS) is 10.9. The summed E-state index contributed by atoms with van der Waals surface area (Å²) in [6, 6.07) is 10.4. The molecule has 4 rings (SSSR count). The van der Waals surface area contributed by atoms with E-state index in [9.17, 15) is 9.59 Å². The van der Waals surface area contributed by atoms with Gasteiger partial charge in [-0.2, -0.15) is 5.10 Å². The van der Waals surface area contributed by atoms with Crippen LogP contribution in [-0.4, -0.2) is 31.8 Å². The van der Waals surface area contributed by atoms with Gasteiger partial charge in [-0.1, -0.05) is 11.3 Å². The molecule has 0 aromatic carbocycles. The van der Waals surface area contributed by atoms with Crippen LogP contribution in [-0.2, 0) is 6.54 Å². The van der Waals surface area contributed by atoms with Gasteiger partial charge in [0.25, 0.3) is 11.5 Å². The summed E-state index contributed by atoms with van der Waals surface area (Å²) >= 11 is 1.32. The number of carbonyl (C=O) groups excluding carboxylic acids is 1. The molecule has 0 aliphatic carbocycles. The maximum Gasteiger partial charge on any atom is 0.266 e. The van der Waals surface area contributed by atoms with Gasteiger partial charge in [-0.05, 0) is 37.3 Å². The van der Waals surface area contributed by atoms with E-state index in [-0.39, 0.29) is 24.6 Å². The van der Waals surface area contributed by atoms with E-state index in [0.29, 0.717) is 22.0 Å². The number of nitrogens with one attached hydrogen (secondary N) is 1. The van der Waals surface area contributed by atoms with Crippen LogP contribution in [0.15, 0.2) is 64.3 Å². The van der Waals surface area contributed by atoms with Crippen LogP contribution in [0.1, 0.15) is 15.4 Å². The van der Waals surface area contributed by atoms with Crippen molar-refractivity contribution < 1.29 is 9.21 Å². The lowest BCUT2D eigenvalue weighted by Gasteiger charge is -2.07. The quantitative estimate of drug-likeness (QED) is 0.541. The van der Waals surface area contributed by atoms with Crippen molar-refractivity contribution >= 4 is 17.2 Å². The van der Waals surface area contributed by atoms with Gasteiger partial charge in [0.1, 0.15) is 10.6 Å². The third-order valence-corrected chi connectivity index (χ3v) is 5.24. The molecule has 4 aromatic rings. The van der Waals surface area contributed by atoms with Gasteiger partial charge < -0.3 is 14.3 Å². The van der Waals surface area contributed by atoms with Crippen molar-refractivity contribution in [2.45, 2.75) is 13.5 Å². The highest BCUT2D eigenvalue weighted by molar-refractivity contribution is 7.16. The number of aromatic nitrogens is 4. The topological polar surface area (TPSA) is 95.0 Å². The van der Waals surface area contributed by atoms with Crippen molar-refractivity contribution in [2.24, 2.45) is 0 Å². The molecule has 0 radical (unpaired) electrons. The zero-order valence-corrected chi connectivity index (χ0v) is 15.8. The maximum absolute atomic E-state index is 12.5. The first-order valence-electron chi connectivity index (χ1n) is 8.63. The lowest BCUT2D eigenvalue weighted by atomic mass is 10.3. The fraction of sp³-hybridized carbons (Fsp3) is 0.158. The second-order valence-corrected chi connectivity index (χ2v) is 6.99. The van der Waals surface area contributed by atoms with E-state index >= 15 is 0 Å². The molecule has 4 aromatic heterocycles. The number of furan rings is 1. The molecule has 0 atom stereocenters. The van der Waals surface area contributed by atoms with Gasteiger partial charge in [-0.15, -0.1) is 0 Å². The third kappa shape index (κ3) is 3.65. The number of rotatable bonds is 6. The van der Waals surface area contributed by atoms with Gasteiger partial charge in [-0.3, -0.25) is 9.59 Å². The van der Waals surface area contributed by atoms with E-state index in [1.54, 1.807) is 31.4 Å². The van der Waals surface area contributed by atoms with Gasteiger partial charge in [0.2, 0.25) is 0 Å². The molecule has 4 heterocycles. The molecule has 0 saturated heterocycles. The van der Waals surface area contributed by atoms with Gasteiger partial charge in [0, 0.05) is 25.0 Å². The van der Waals surface area contributed by atoms with E-state index in [4.69, 9.17) is 4.42 Å². The van der Waals surface area contributed by atoms with Gasteiger partial charge in [-0.25, -0.2) is 9.67 Å². The Balaban J connectivity index is 1.42. The van der Waals surface area contributed by atoms with Gasteiger partial charge >= 0.3 is 0 Å². The van der Waals surface area contributed by atoms with Crippen LogP contribution in [0.2, 0.25) is 0 Å². The molecule has 1 N–H and O–H groups in total. The Hall–Kier alpha value is -3.46. The summed E-state index contributed by atoms with van der Waals surface area (Å²) in [5.74, 6) is 0.360. The number of thiazole rings is 1. The zero-order chi connectivity index (χ0) is 19.5. The molecule has 1 amide bonds. The minimum absolute atomic E-state index is 0.219. The summed E-state index contributed by atoms with van der Waals surface area (Å²) in [6.45, 7) is 2.32. The van der Waals surface area contributed by atoms with Crippen molar-refractivity contribution in [3.63, 3.8) is 0 Å². The fourth-order valence-electron chi connectivity index (χ4n) is 2.69. The van der Waals surface area contributed by atoms with Crippen LogP contribution in [0.4, 0.5) is 0 Å². The minimum Gasteiger partial charge on any atom is -0.463 e. The van der Waals surface area contributed by atoms with Crippen molar-refractivity contribution in [1.29, 1.82) is 0 Å². The average molecular weight is 395 g/mol. The number of aryl methyl sites for hydroxylation is 1. The van der Waals surface area contributed by atoms with Crippen molar-refractivity contribution in [2.75, 3.05) is 6.54 Å². The molecular formula is C19H17N5O3S. The predicted octanol–water partition coefficient (Wildman–Crippen LogP) is 2.49. The number of amides is 1. The molecule has 28 heavy (non-hydrogen) atoms. The molecule has 0 unspecified atom stereocenters. The molecular weight excluding hydrogens is 378 g/mol. The van der Waals surface area contributed by atoms with Crippen LogP contribution in [0, 0.1) is 6.92 Å². The summed E-state index contributed by atoms with van der Waals surface area (Å²) in [6.07, 6.45) is 5.31. The first kappa shape index (κ1) is 17.9. The molecule has 0 saturated carbocycles. The van der Waals surface area contributed by atoms with Crippen molar-refractivity contribution in [1.82, 2.24) is 24.6 Å². The molecule has 0 bridgehead atoms. The van der Waals surface area contributed by atoms with Crippen molar-refractivity contribution in [3.05, 3.63) is 76.0 Å². The first-order chi connectivity index (χ1) is 13.6. The van der Waals surface area contributed by atoms with Crippen LogP contribution >= 0.6 is 11.3 Å². The fourth-order valence-corrected chi connectivity index (χ4v) is 3.64. The van der Waals surface area contributed by atoms with E-state index in [2.05, 4.69) is 15.4 Å². The minimum atomic E-state index is -0.242. The summed E-state index contributed by atoms with van der Waals surface area (Å²) in [7, 11) is 0. The number of nitrogens with zero attached hydrogens (tertiary/aromatic N) is 4. The molecule has 0 fully saturated rings. The van der Waals surface area contributed by atoms with Crippen molar-refractivity contribution in [3.8, 4) is 16.6 Å². The molecule has 0 spiro atoms. The Labute approximate surface area is 164 Å². The summed E-state index contributed by atoms with van der Waals surface area (Å²) in [5.41, 5.74) is 0.986.